The van der Waals surface area contributed by atoms with Crippen LogP contribution in [0.3, 0.4) is 0 Å². The molecule has 1 aliphatic rings. The Kier molecular flexibility index (Phi) is 16.6. The lowest BCUT2D eigenvalue weighted by atomic mass is 10.1. The summed E-state index contributed by atoms with van der Waals surface area (Å²) in [6, 6.07) is 0. The number of hydrogen-bond acceptors (Lipinski definition) is 4. The molecule has 1 saturated heterocycles. The summed E-state index contributed by atoms with van der Waals surface area (Å²) in [5.74, 6) is 0. The maximum Gasteiger partial charge on any atom is 0.217 e. The molecule has 0 unspecified atom stereocenters. The van der Waals surface area contributed by atoms with E-state index in [1.165, 1.54) is 94.7 Å². The number of hydrogen-bond donors (Lipinski definition) is 0. The van der Waals surface area contributed by atoms with E-state index in [4.69, 9.17) is 0 Å². The minimum Gasteiger partial charge on any atom is -0.726 e. The van der Waals surface area contributed by atoms with E-state index in [0.29, 0.717) is 6.42 Å². The monoisotopic (exact) mass is 407 g/mol. The molecule has 164 valence electrons. The van der Waals surface area contributed by atoms with E-state index < -0.39 is 10.4 Å². The molecule has 0 aromatic heterocycles. The van der Waals surface area contributed by atoms with Crippen molar-refractivity contribution in [3.8, 4) is 0 Å². The lowest BCUT2D eigenvalue weighted by Crippen LogP contribution is -2.41. The van der Waals surface area contributed by atoms with Crippen molar-refractivity contribution in [2.75, 3.05) is 33.3 Å². The summed E-state index contributed by atoms with van der Waals surface area (Å²) < 4.78 is 35.8. The Labute approximate surface area is 169 Å². The van der Waals surface area contributed by atoms with Gasteiger partial charge in [0, 0.05) is 12.8 Å². The molecule has 1 heterocycles. The fourth-order valence-electron chi connectivity index (χ4n) is 3.61. The Morgan fingerprint density at radius 2 is 1.22 bits per heavy atom. The van der Waals surface area contributed by atoms with Crippen LogP contribution in [0.1, 0.15) is 104 Å². The SMILES string of the molecule is CCCCCCCCCCCCOS(=O)(=O)[O-].CCCC[N+]1(C)CCCC1. The number of nitrogens with zero attached hydrogens (tertiary/aromatic N) is 1. The molecule has 1 aliphatic heterocycles. The van der Waals surface area contributed by atoms with Crippen LogP contribution in [0.25, 0.3) is 0 Å². The molecule has 0 N–H and O–H groups in total. The fraction of sp³-hybridized carbons (Fsp3) is 1.00. The van der Waals surface area contributed by atoms with Gasteiger partial charge in [0.25, 0.3) is 0 Å². The smallest absolute Gasteiger partial charge is 0.217 e. The second kappa shape index (κ2) is 16.8. The molecular formula is C21H45NO4S. The molecule has 0 aliphatic carbocycles. The van der Waals surface area contributed by atoms with Crippen LogP contribution in [0.2, 0.25) is 0 Å². The predicted octanol–water partition coefficient (Wildman–Crippen LogP) is 5.41. The lowest BCUT2D eigenvalue weighted by Gasteiger charge is -2.28. The van der Waals surface area contributed by atoms with Crippen molar-refractivity contribution in [1.82, 2.24) is 0 Å². The van der Waals surface area contributed by atoms with Crippen molar-refractivity contribution in [2.45, 2.75) is 104 Å². The first-order valence-corrected chi connectivity index (χ1v) is 12.6. The molecule has 0 bridgehead atoms. The Balaban J connectivity index is 0.000000569. The first-order chi connectivity index (χ1) is 12.8. The van der Waals surface area contributed by atoms with Crippen LogP contribution in [-0.4, -0.2) is 50.7 Å². The molecule has 0 spiro atoms. The zero-order valence-electron chi connectivity index (χ0n) is 18.2. The highest BCUT2D eigenvalue weighted by Gasteiger charge is 2.25. The highest BCUT2D eigenvalue weighted by atomic mass is 32.3. The van der Waals surface area contributed by atoms with Gasteiger partial charge in [0.2, 0.25) is 10.4 Å². The van der Waals surface area contributed by atoms with Gasteiger partial charge in [-0.25, -0.2) is 8.42 Å². The lowest BCUT2D eigenvalue weighted by molar-refractivity contribution is -0.897. The molecule has 6 heteroatoms. The standard InChI is InChI=1S/C12H26O4S.C9H20N/c1-2-3-4-5-6-7-8-9-10-11-12-16-17(13,14)15;1-3-4-7-10(2)8-5-6-9-10/h2-12H2,1H3,(H,13,14,15);3-9H2,1-2H3/q;+1/p-1. The summed E-state index contributed by atoms with van der Waals surface area (Å²) >= 11 is 0. The number of unbranched alkanes of at least 4 members (excludes halogenated alkanes) is 10. The Bertz CT molecular complexity index is 420. The van der Waals surface area contributed by atoms with Crippen molar-refractivity contribution >= 4 is 10.4 Å². The predicted molar refractivity (Wildman–Crippen MR) is 112 cm³/mol. The largest absolute Gasteiger partial charge is 0.726 e. The van der Waals surface area contributed by atoms with Gasteiger partial charge in [-0.3, -0.25) is 4.18 Å². The van der Waals surface area contributed by atoms with Gasteiger partial charge in [-0.1, -0.05) is 78.1 Å². The summed E-state index contributed by atoms with van der Waals surface area (Å²) in [6.07, 6.45) is 17.4. The van der Waals surface area contributed by atoms with Crippen LogP contribution in [0, 0.1) is 0 Å². The minimum atomic E-state index is -4.48. The molecule has 0 saturated carbocycles. The highest BCUT2D eigenvalue weighted by molar-refractivity contribution is 7.80. The van der Waals surface area contributed by atoms with Crippen LogP contribution >= 0.6 is 0 Å². The normalized spacial score (nSPS) is 16.1. The number of rotatable bonds is 15. The molecule has 0 radical (unpaired) electrons. The van der Waals surface area contributed by atoms with Gasteiger partial charge < -0.3 is 9.04 Å². The number of quaternary nitrogens is 1. The van der Waals surface area contributed by atoms with Crippen LogP contribution in [0.15, 0.2) is 0 Å². The van der Waals surface area contributed by atoms with Crippen molar-refractivity contribution in [3.05, 3.63) is 0 Å². The summed E-state index contributed by atoms with van der Waals surface area (Å²) in [5, 5.41) is 0. The Morgan fingerprint density at radius 3 is 1.67 bits per heavy atom. The second-order valence-electron chi connectivity index (χ2n) is 8.26. The van der Waals surface area contributed by atoms with Crippen LogP contribution in [0.4, 0.5) is 0 Å². The summed E-state index contributed by atoms with van der Waals surface area (Å²) in [7, 11) is -2.08. The third-order valence-electron chi connectivity index (χ3n) is 5.42. The summed E-state index contributed by atoms with van der Waals surface area (Å²) in [6.45, 7) is 8.80. The Hall–Kier alpha value is -0.170. The van der Waals surface area contributed by atoms with E-state index in [-0.39, 0.29) is 6.61 Å². The third-order valence-corrected chi connectivity index (χ3v) is 5.88. The maximum absolute atomic E-state index is 10.1. The quantitative estimate of drug-likeness (QED) is 0.157. The van der Waals surface area contributed by atoms with E-state index in [0.717, 1.165) is 12.8 Å². The molecular weight excluding hydrogens is 362 g/mol. The first-order valence-electron chi connectivity index (χ1n) is 11.3. The van der Waals surface area contributed by atoms with E-state index in [1.54, 1.807) is 0 Å². The number of likely N-dealkylation sites (tertiary alicyclic amines) is 1. The van der Waals surface area contributed by atoms with Gasteiger partial charge >= 0.3 is 0 Å². The van der Waals surface area contributed by atoms with Gasteiger partial charge in [0.05, 0.1) is 33.3 Å². The zero-order chi connectivity index (χ0) is 20.4. The van der Waals surface area contributed by atoms with Gasteiger partial charge in [0.15, 0.2) is 0 Å². The molecule has 0 amide bonds. The van der Waals surface area contributed by atoms with Crippen molar-refractivity contribution in [1.29, 1.82) is 0 Å². The molecule has 1 rings (SSSR count). The van der Waals surface area contributed by atoms with Gasteiger partial charge in [-0.05, 0) is 12.8 Å². The second-order valence-corrected chi connectivity index (χ2v) is 9.32. The first kappa shape index (κ1) is 26.8. The van der Waals surface area contributed by atoms with E-state index in [2.05, 4.69) is 25.1 Å². The zero-order valence-corrected chi connectivity index (χ0v) is 19.0. The maximum atomic E-state index is 10.1. The third kappa shape index (κ3) is 18.9. The van der Waals surface area contributed by atoms with E-state index >= 15 is 0 Å². The van der Waals surface area contributed by atoms with Gasteiger partial charge in [0.1, 0.15) is 0 Å². The van der Waals surface area contributed by atoms with Crippen LogP contribution in [-0.2, 0) is 14.6 Å². The average molecular weight is 408 g/mol. The minimum absolute atomic E-state index is 0.0301. The molecule has 5 nitrogen and oxygen atoms in total. The van der Waals surface area contributed by atoms with E-state index in [1.807, 2.05) is 0 Å². The molecule has 0 aromatic carbocycles. The van der Waals surface area contributed by atoms with Crippen molar-refractivity contribution < 1.29 is 21.6 Å². The molecule has 0 aromatic rings. The summed E-state index contributed by atoms with van der Waals surface area (Å²) in [5.41, 5.74) is 0. The topological polar surface area (TPSA) is 66.4 Å². The van der Waals surface area contributed by atoms with Crippen LogP contribution < -0.4 is 0 Å². The van der Waals surface area contributed by atoms with Crippen molar-refractivity contribution in [3.63, 3.8) is 0 Å². The molecule has 1 fully saturated rings. The molecule has 0 atom stereocenters. The summed E-state index contributed by atoms with van der Waals surface area (Å²) in [4.78, 5) is 0. The fourth-order valence-corrected chi connectivity index (χ4v) is 3.93. The average Bonchev–Trinajstić information content (AvgIpc) is 3.04. The molecule has 27 heavy (non-hydrogen) atoms. The van der Waals surface area contributed by atoms with E-state index in [9.17, 15) is 13.0 Å². The van der Waals surface area contributed by atoms with Crippen molar-refractivity contribution in [2.24, 2.45) is 0 Å². The van der Waals surface area contributed by atoms with Gasteiger partial charge in [-0.2, -0.15) is 0 Å². The highest BCUT2D eigenvalue weighted by Crippen LogP contribution is 2.16. The van der Waals surface area contributed by atoms with Crippen LogP contribution in [0.5, 0.6) is 0 Å². The van der Waals surface area contributed by atoms with Gasteiger partial charge in [-0.15, -0.1) is 0 Å². The Morgan fingerprint density at radius 1 is 0.778 bits per heavy atom.